The molecule has 0 atom stereocenters. The quantitative estimate of drug-likeness (QED) is 0.381. The van der Waals surface area contributed by atoms with Gasteiger partial charge in [-0.3, -0.25) is 0 Å². The van der Waals surface area contributed by atoms with E-state index in [4.69, 9.17) is 0 Å². The van der Waals surface area contributed by atoms with Crippen molar-refractivity contribution in [2.24, 2.45) is 0 Å². The van der Waals surface area contributed by atoms with Crippen molar-refractivity contribution in [1.29, 1.82) is 0 Å². The third-order valence-corrected chi connectivity index (χ3v) is 6.69. The number of hydrogen-bond acceptors (Lipinski definition) is 0. The molecule has 2 aliphatic carbocycles. The van der Waals surface area contributed by atoms with Crippen LogP contribution in [0.2, 0.25) is 0 Å². The summed E-state index contributed by atoms with van der Waals surface area (Å²) in [6, 6.07) is 2.03. The predicted octanol–water partition coefficient (Wildman–Crippen LogP) is 7.64. The molecule has 0 spiro atoms. The van der Waals surface area contributed by atoms with Gasteiger partial charge >= 0.3 is 139 Å². The van der Waals surface area contributed by atoms with E-state index in [0.29, 0.717) is 24.5 Å². The van der Waals surface area contributed by atoms with Crippen molar-refractivity contribution in [2.45, 2.75) is 76.0 Å². The Morgan fingerprint density at radius 1 is 0.708 bits per heavy atom. The SMILES string of the molecule is Fc1c(P(F)(F)(F)F)ccc(C2CCCCC2)c1C1CCCCC1. The van der Waals surface area contributed by atoms with Crippen LogP contribution in [0.3, 0.4) is 0 Å². The molecule has 1 aromatic rings. The maximum atomic E-state index is 14.9. The second-order valence-electron chi connectivity index (χ2n) is 7.29. The molecule has 0 aliphatic heterocycles. The van der Waals surface area contributed by atoms with Gasteiger partial charge < -0.3 is 0 Å². The van der Waals surface area contributed by atoms with Crippen LogP contribution in [0.15, 0.2) is 12.1 Å². The van der Waals surface area contributed by atoms with Gasteiger partial charge in [0.2, 0.25) is 0 Å². The van der Waals surface area contributed by atoms with E-state index >= 15 is 0 Å². The van der Waals surface area contributed by atoms with Crippen molar-refractivity contribution < 1.29 is 21.2 Å². The van der Waals surface area contributed by atoms with E-state index in [-0.39, 0.29) is 17.4 Å². The number of rotatable bonds is 3. The standard InChI is InChI=1S/C18H24F5P/c19-18-16(24(20,21,22)23)12-11-15(13-7-3-1-4-8-13)17(18)14-9-5-2-6-10-14/h11-14H,1-10H2. The normalized spacial score (nSPS) is 23.0. The molecule has 0 unspecified atom stereocenters. The van der Waals surface area contributed by atoms with Crippen LogP contribution in [0.25, 0.3) is 0 Å². The van der Waals surface area contributed by atoms with Gasteiger partial charge in [0, 0.05) is 0 Å². The molecule has 136 valence electrons. The molecular weight excluding hydrogens is 342 g/mol. The van der Waals surface area contributed by atoms with E-state index in [2.05, 4.69) is 0 Å². The summed E-state index contributed by atoms with van der Waals surface area (Å²) in [4.78, 5) is 0. The molecule has 0 saturated heterocycles. The summed E-state index contributed by atoms with van der Waals surface area (Å²) in [5.41, 5.74) is 0.891. The Balaban J connectivity index is 2.09. The fourth-order valence-electron chi connectivity index (χ4n) is 4.43. The van der Waals surface area contributed by atoms with Crippen molar-refractivity contribution in [2.75, 3.05) is 0 Å². The molecule has 2 aliphatic rings. The van der Waals surface area contributed by atoms with Crippen LogP contribution in [-0.4, -0.2) is 0 Å². The van der Waals surface area contributed by atoms with E-state index in [1.807, 2.05) is 0 Å². The fourth-order valence-corrected chi connectivity index (χ4v) is 5.15. The Kier molecular flexibility index (Phi) is 4.94. The van der Waals surface area contributed by atoms with Gasteiger partial charge in [0.15, 0.2) is 0 Å². The van der Waals surface area contributed by atoms with Gasteiger partial charge in [0.25, 0.3) is 0 Å². The van der Waals surface area contributed by atoms with Crippen molar-refractivity contribution in [3.05, 3.63) is 29.1 Å². The zero-order valence-corrected chi connectivity index (χ0v) is 14.6. The number of halogens is 5. The third-order valence-electron chi connectivity index (χ3n) is 5.62. The molecule has 6 heteroatoms. The monoisotopic (exact) mass is 366 g/mol. The fraction of sp³-hybridized carbons (Fsp3) is 0.667. The summed E-state index contributed by atoms with van der Waals surface area (Å²) < 4.78 is 68.0. The molecule has 0 amide bonds. The van der Waals surface area contributed by atoms with Gasteiger partial charge in [-0.05, 0) is 0 Å². The van der Waals surface area contributed by atoms with Gasteiger partial charge in [-0.2, -0.15) is 0 Å². The molecule has 24 heavy (non-hydrogen) atoms. The minimum absolute atomic E-state index is 0.115. The molecule has 2 fully saturated rings. The molecule has 0 N–H and O–H groups in total. The van der Waals surface area contributed by atoms with Crippen LogP contribution in [0.1, 0.15) is 87.2 Å². The van der Waals surface area contributed by atoms with Crippen LogP contribution in [0.4, 0.5) is 21.2 Å². The number of benzene rings is 1. The molecule has 0 heterocycles. The summed E-state index contributed by atoms with van der Waals surface area (Å²) >= 11 is 0. The van der Waals surface area contributed by atoms with Gasteiger partial charge in [-0.1, -0.05) is 0 Å². The summed E-state index contributed by atoms with van der Waals surface area (Å²) in [7, 11) is -8.09. The Morgan fingerprint density at radius 2 is 1.21 bits per heavy atom. The van der Waals surface area contributed by atoms with Gasteiger partial charge in [0.05, 0.1) is 0 Å². The van der Waals surface area contributed by atoms with Crippen molar-refractivity contribution in [3.8, 4) is 0 Å². The molecule has 1 aromatic carbocycles. The van der Waals surface area contributed by atoms with Crippen LogP contribution >= 0.6 is 7.85 Å². The van der Waals surface area contributed by atoms with Gasteiger partial charge in [0.1, 0.15) is 0 Å². The molecule has 0 nitrogen and oxygen atoms in total. The predicted molar refractivity (Wildman–Crippen MR) is 89.0 cm³/mol. The summed E-state index contributed by atoms with van der Waals surface area (Å²) in [5.74, 6) is -1.41. The second-order valence-corrected chi connectivity index (χ2v) is 9.22. The van der Waals surface area contributed by atoms with Crippen LogP contribution < -0.4 is 5.30 Å². The van der Waals surface area contributed by atoms with Crippen LogP contribution in [0, 0.1) is 5.82 Å². The minimum atomic E-state index is -8.09. The average molecular weight is 366 g/mol. The Labute approximate surface area is 140 Å². The Hall–Kier alpha value is -0.700. The average Bonchev–Trinajstić information content (AvgIpc) is 2.54. The maximum absolute atomic E-state index is 14.9. The first-order valence-electron chi connectivity index (χ1n) is 8.96. The molecule has 3 rings (SSSR count). The number of hydrogen-bond donors (Lipinski definition) is 0. The Bertz CT molecular complexity index is 586. The molecule has 0 aromatic heterocycles. The van der Waals surface area contributed by atoms with Crippen molar-refractivity contribution in [3.63, 3.8) is 0 Å². The summed E-state index contributed by atoms with van der Waals surface area (Å²) in [5, 5.41) is -1.64. The van der Waals surface area contributed by atoms with Gasteiger partial charge in [-0.25, -0.2) is 0 Å². The van der Waals surface area contributed by atoms with Crippen molar-refractivity contribution in [1.82, 2.24) is 0 Å². The summed E-state index contributed by atoms with van der Waals surface area (Å²) in [6.45, 7) is 0. The van der Waals surface area contributed by atoms with Crippen LogP contribution in [-0.2, 0) is 0 Å². The first-order valence-corrected chi connectivity index (χ1v) is 10.8. The molecule has 0 radical (unpaired) electrons. The van der Waals surface area contributed by atoms with E-state index in [9.17, 15) is 21.2 Å². The van der Waals surface area contributed by atoms with E-state index in [0.717, 1.165) is 51.4 Å². The van der Waals surface area contributed by atoms with Gasteiger partial charge in [-0.15, -0.1) is 0 Å². The second kappa shape index (κ2) is 6.55. The first kappa shape index (κ1) is 18.1. The molecule has 2 saturated carbocycles. The topological polar surface area (TPSA) is 0 Å². The van der Waals surface area contributed by atoms with Crippen molar-refractivity contribution >= 4 is 13.2 Å². The zero-order valence-electron chi connectivity index (χ0n) is 13.7. The Morgan fingerprint density at radius 3 is 1.71 bits per heavy atom. The van der Waals surface area contributed by atoms with E-state index < -0.39 is 19.0 Å². The van der Waals surface area contributed by atoms with E-state index in [1.54, 1.807) is 0 Å². The summed E-state index contributed by atoms with van der Waals surface area (Å²) in [6.07, 6.45) is 9.19. The van der Waals surface area contributed by atoms with E-state index in [1.165, 1.54) is 6.07 Å². The first-order chi connectivity index (χ1) is 11.2. The third kappa shape index (κ3) is 3.76. The zero-order chi connectivity index (χ0) is 17.4. The van der Waals surface area contributed by atoms with Crippen LogP contribution in [0.5, 0.6) is 0 Å². The molecule has 0 bridgehead atoms. The molecular formula is C18H24F5P.